The fourth-order valence-corrected chi connectivity index (χ4v) is 3.19. The summed E-state index contributed by atoms with van der Waals surface area (Å²) in [6, 6.07) is 2.64. The van der Waals surface area contributed by atoms with Gasteiger partial charge in [-0.3, -0.25) is 4.68 Å². The van der Waals surface area contributed by atoms with Gasteiger partial charge in [-0.15, -0.1) is 11.3 Å². The van der Waals surface area contributed by atoms with Crippen molar-refractivity contribution in [2.75, 3.05) is 18.0 Å². The number of anilines is 1. The fourth-order valence-electron chi connectivity index (χ4n) is 2.20. The topological polar surface area (TPSA) is 46.0 Å². The number of nitrogens with zero attached hydrogens (tertiary/aromatic N) is 4. The van der Waals surface area contributed by atoms with Crippen molar-refractivity contribution in [1.29, 1.82) is 0 Å². The zero-order valence-electron chi connectivity index (χ0n) is 13.3. The van der Waals surface area contributed by atoms with Crippen LogP contribution in [0.4, 0.5) is 5.13 Å². The van der Waals surface area contributed by atoms with Crippen LogP contribution in [0.2, 0.25) is 0 Å². The normalized spacial score (nSPS) is 14.1. The van der Waals surface area contributed by atoms with E-state index in [1.165, 1.54) is 4.88 Å². The molecule has 0 bridgehead atoms. The Morgan fingerprint density at radius 1 is 1.33 bits per heavy atom. The first-order chi connectivity index (χ1) is 10.2. The average molecular weight is 307 g/mol. The van der Waals surface area contributed by atoms with Gasteiger partial charge in [-0.25, -0.2) is 4.98 Å². The SMILES string of the molecule is CCN(CC)c1ncc(CN[C@@H](C)[C@H](C)n2cccn2)s1. The van der Waals surface area contributed by atoms with Crippen LogP contribution in [0.15, 0.2) is 24.7 Å². The molecule has 0 saturated heterocycles. The zero-order chi connectivity index (χ0) is 15.2. The van der Waals surface area contributed by atoms with Crippen LogP contribution in [0, 0.1) is 0 Å². The molecule has 1 N–H and O–H groups in total. The van der Waals surface area contributed by atoms with E-state index in [9.17, 15) is 0 Å². The molecule has 116 valence electrons. The minimum atomic E-state index is 0.329. The van der Waals surface area contributed by atoms with Gasteiger partial charge in [0.15, 0.2) is 5.13 Å². The quantitative estimate of drug-likeness (QED) is 0.814. The molecular weight excluding hydrogens is 282 g/mol. The predicted molar refractivity (Wildman–Crippen MR) is 88.9 cm³/mol. The lowest BCUT2D eigenvalue weighted by molar-refractivity contribution is 0.366. The highest BCUT2D eigenvalue weighted by atomic mass is 32.1. The Bertz CT molecular complexity index is 518. The third-order valence-corrected chi connectivity index (χ3v) is 4.90. The summed E-state index contributed by atoms with van der Waals surface area (Å²) in [6.45, 7) is 11.6. The summed E-state index contributed by atoms with van der Waals surface area (Å²) >= 11 is 1.77. The smallest absolute Gasteiger partial charge is 0.185 e. The highest BCUT2D eigenvalue weighted by Gasteiger charge is 2.14. The number of rotatable bonds is 8. The Kier molecular flexibility index (Phi) is 5.76. The van der Waals surface area contributed by atoms with Gasteiger partial charge in [-0.05, 0) is 33.8 Å². The first-order valence-corrected chi connectivity index (χ1v) is 8.39. The van der Waals surface area contributed by atoms with Crippen molar-refractivity contribution >= 4 is 16.5 Å². The molecule has 0 saturated carbocycles. The molecule has 5 nitrogen and oxygen atoms in total. The lowest BCUT2D eigenvalue weighted by atomic mass is 10.2. The van der Waals surface area contributed by atoms with Gasteiger partial charge in [-0.1, -0.05) is 0 Å². The van der Waals surface area contributed by atoms with Crippen LogP contribution in [-0.2, 0) is 6.54 Å². The van der Waals surface area contributed by atoms with Crippen molar-refractivity contribution in [3.8, 4) is 0 Å². The summed E-state index contributed by atoms with van der Waals surface area (Å²) in [5.74, 6) is 0. The van der Waals surface area contributed by atoms with E-state index >= 15 is 0 Å². The predicted octanol–water partition coefficient (Wildman–Crippen LogP) is 2.93. The molecule has 0 spiro atoms. The van der Waals surface area contributed by atoms with Crippen LogP contribution in [0.1, 0.15) is 38.6 Å². The molecule has 0 amide bonds. The molecular formula is C15H25N5S. The fraction of sp³-hybridized carbons (Fsp3) is 0.600. The van der Waals surface area contributed by atoms with E-state index in [-0.39, 0.29) is 0 Å². The molecule has 2 heterocycles. The van der Waals surface area contributed by atoms with Gasteiger partial charge in [0.1, 0.15) is 0 Å². The molecule has 21 heavy (non-hydrogen) atoms. The van der Waals surface area contributed by atoms with E-state index in [2.05, 4.69) is 48.0 Å². The van der Waals surface area contributed by atoms with Crippen LogP contribution < -0.4 is 10.2 Å². The minimum absolute atomic E-state index is 0.329. The van der Waals surface area contributed by atoms with E-state index < -0.39 is 0 Å². The Hall–Kier alpha value is -1.40. The number of nitrogens with one attached hydrogen (secondary N) is 1. The molecule has 2 aromatic rings. The largest absolute Gasteiger partial charge is 0.349 e. The van der Waals surface area contributed by atoms with Crippen LogP contribution in [0.25, 0.3) is 0 Å². The van der Waals surface area contributed by atoms with Crippen molar-refractivity contribution in [1.82, 2.24) is 20.1 Å². The molecule has 2 rings (SSSR count). The molecule has 0 aliphatic rings. The summed E-state index contributed by atoms with van der Waals surface area (Å²) in [4.78, 5) is 8.07. The molecule has 0 unspecified atom stereocenters. The highest BCUT2D eigenvalue weighted by Crippen LogP contribution is 2.22. The van der Waals surface area contributed by atoms with Crippen molar-refractivity contribution in [2.24, 2.45) is 0 Å². The van der Waals surface area contributed by atoms with Crippen LogP contribution >= 0.6 is 11.3 Å². The van der Waals surface area contributed by atoms with E-state index in [4.69, 9.17) is 0 Å². The molecule has 0 radical (unpaired) electrons. The summed E-state index contributed by atoms with van der Waals surface area (Å²) in [5.41, 5.74) is 0. The zero-order valence-corrected chi connectivity index (χ0v) is 14.1. The van der Waals surface area contributed by atoms with Crippen LogP contribution in [0.3, 0.4) is 0 Å². The van der Waals surface area contributed by atoms with Crippen molar-refractivity contribution in [3.63, 3.8) is 0 Å². The van der Waals surface area contributed by atoms with E-state index in [1.807, 2.05) is 29.3 Å². The summed E-state index contributed by atoms with van der Waals surface area (Å²) in [6.07, 6.45) is 5.81. The first-order valence-electron chi connectivity index (χ1n) is 7.57. The maximum Gasteiger partial charge on any atom is 0.185 e. The average Bonchev–Trinajstić information content (AvgIpc) is 3.17. The van der Waals surface area contributed by atoms with E-state index in [0.717, 1.165) is 24.8 Å². The Morgan fingerprint density at radius 2 is 2.10 bits per heavy atom. The van der Waals surface area contributed by atoms with Gasteiger partial charge in [0.25, 0.3) is 0 Å². The van der Waals surface area contributed by atoms with Crippen LogP contribution in [0.5, 0.6) is 0 Å². The second kappa shape index (κ2) is 7.56. The summed E-state index contributed by atoms with van der Waals surface area (Å²) < 4.78 is 1.99. The summed E-state index contributed by atoms with van der Waals surface area (Å²) in [5, 5.41) is 8.98. The lowest BCUT2D eigenvalue weighted by Crippen LogP contribution is -2.33. The third kappa shape index (κ3) is 4.04. The lowest BCUT2D eigenvalue weighted by Gasteiger charge is -2.21. The van der Waals surface area contributed by atoms with E-state index in [1.54, 1.807) is 11.3 Å². The maximum absolute atomic E-state index is 4.52. The Balaban J connectivity index is 1.88. The van der Waals surface area contributed by atoms with Crippen molar-refractivity contribution in [2.45, 2.75) is 46.3 Å². The number of hydrogen-bond donors (Lipinski definition) is 1. The molecule has 0 fully saturated rings. The van der Waals surface area contributed by atoms with Gasteiger partial charge in [0.2, 0.25) is 0 Å². The first kappa shape index (κ1) is 16.0. The van der Waals surface area contributed by atoms with Crippen molar-refractivity contribution in [3.05, 3.63) is 29.5 Å². The molecule has 0 aromatic carbocycles. The highest BCUT2D eigenvalue weighted by molar-refractivity contribution is 7.15. The van der Waals surface area contributed by atoms with Gasteiger partial charge in [0, 0.05) is 49.1 Å². The molecule has 0 aliphatic heterocycles. The van der Waals surface area contributed by atoms with Crippen molar-refractivity contribution < 1.29 is 0 Å². The second-order valence-electron chi connectivity index (χ2n) is 5.18. The number of thiazole rings is 1. The summed E-state index contributed by atoms with van der Waals surface area (Å²) in [7, 11) is 0. The Labute approximate surface area is 131 Å². The van der Waals surface area contributed by atoms with Gasteiger partial charge in [-0.2, -0.15) is 5.10 Å². The molecule has 2 aromatic heterocycles. The van der Waals surface area contributed by atoms with Gasteiger partial charge in [0.05, 0.1) is 6.04 Å². The Morgan fingerprint density at radius 3 is 2.71 bits per heavy atom. The van der Waals surface area contributed by atoms with Crippen LogP contribution in [-0.4, -0.2) is 33.9 Å². The molecule has 6 heteroatoms. The van der Waals surface area contributed by atoms with E-state index in [0.29, 0.717) is 12.1 Å². The second-order valence-corrected chi connectivity index (χ2v) is 6.27. The van der Waals surface area contributed by atoms with Gasteiger partial charge < -0.3 is 10.2 Å². The third-order valence-electron chi connectivity index (χ3n) is 3.84. The monoisotopic (exact) mass is 307 g/mol. The standard InChI is InChI=1S/C15H25N5S/c1-5-19(6-2)15-17-11-14(21-15)10-16-12(3)13(4)20-9-7-8-18-20/h7-9,11-13,16H,5-6,10H2,1-4H3/t12-,13-/m0/s1. The number of hydrogen-bond acceptors (Lipinski definition) is 5. The molecule has 0 aliphatic carbocycles. The maximum atomic E-state index is 4.52. The molecule has 2 atom stereocenters. The van der Waals surface area contributed by atoms with Gasteiger partial charge >= 0.3 is 0 Å². The minimum Gasteiger partial charge on any atom is -0.349 e. The number of aromatic nitrogens is 3.